The molecule has 1 fully saturated rings. The third kappa shape index (κ3) is 2.24. The van der Waals surface area contributed by atoms with Gasteiger partial charge in [0.2, 0.25) is 0 Å². The maximum Gasteiger partial charge on any atom is 0.312 e. The second-order valence-electron chi connectivity index (χ2n) is 3.80. The topological polar surface area (TPSA) is 46.5 Å². The van der Waals surface area contributed by atoms with Gasteiger partial charge in [-0.2, -0.15) is 0 Å². The summed E-state index contributed by atoms with van der Waals surface area (Å²) in [5, 5.41) is 11.2. The van der Waals surface area contributed by atoms with Crippen LogP contribution in [0, 0.1) is 5.41 Å². The van der Waals surface area contributed by atoms with E-state index in [9.17, 15) is 9.90 Å². The molecular weight excluding hydrogens is 280 g/mol. The Kier molecular flexibility index (Phi) is 3.13. The fraction of sp³-hybridized carbons (Fsp3) is 0.500. The third-order valence-electron chi connectivity index (χ3n) is 2.69. The van der Waals surface area contributed by atoms with Gasteiger partial charge < -0.3 is 9.84 Å². The second kappa shape index (κ2) is 4.23. The summed E-state index contributed by atoms with van der Waals surface area (Å²) in [7, 11) is 0. The summed E-state index contributed by atoms with van der Waals surface area (Å²) in [5.41, 5.74) is -0.704. The lowest BCUT2D eigenvalue weighted by molar-refractivity contribution is -0.148. The molecule has 5 heteroatoms. The van der Waals surface area contributed by atoms with Crippen LogP contribution < -0.4 is 0 Å². The van der Waals surface area contributed by atoms with Crippen molar-refractivity contribution in [1.29, 1.82) is 0 Å². The van der Waals surface area contributed by atoms with Gasteiger partial charge in [0.25, 0.3) is 0 Å². The average Bonchev–Trinajstić information content (AvgIpc) is 2.77. The van der Waals surface area contributed by atoms with Gasteiger partial charge in [-0.3, -0.25) is 4.79 Å². The molecule has 0 aliphatic carbocycles. The maximum absolute atomic E-state index is 11.2. The monoisotopic (exact) mass is 290 g/mol. The molecule has 0 saturated carbocycles. The number of hydrogen-bond donors (Lipinski definition) is 1. The van der Waals surface area contributed by atoms with Crippen LogP contribution in [-0.2, 0) is 16.0 Å². The summed E-state index contributed by atoms with van der Waals surface area (Å²) in [5.74, 6) is -0.746. The van der Waals surface area contributed by atoms with Crippen LogP contribution in [0.5, 0.6) is 0 Å². The number of halogens is 1. The SMILES string of the molecule is O=C(O)C1(Cc2cc(Br)cs2)CCOC1. The Labute approximate surface area is 100 Å². The van der Waals surface area contributed by atoms with Gasteiger partial charge in [0.1, 0.15) is 0 Å². The molecule has 0 aromatic carbocycles. The Morgan fingerprint density at radius 3 is 3.00 bits per heavy atom. The number of carboxylic acid groups (broad SMARTS) is 1. The van der Waals surface area contributed by atoms with Crippen molar-refractivity contribution < 1.29 is 14.6 Å². The predicted molar refractivity (Wildman–Crippen MR) is 61.2 cm³/mol. The van der Waals surface area contributed by atoms with Gasteiger partial charge in [-0.25, -0.2) is 0 Å². The van der Waals surface area contributed by atoms with E-state index in [4.69, 9.17) is 4.74 Å². The highest BCUT2D eigenvalue weighted by molar-refractivity contribution is 9.10. The van der Waals surface area contributed by atoms with Crippen molar-refractivity contribution in [2.24, 2.45) is 5.41 Å². The standard InChI is InChI=1S/C10H11BrO3S/c11-7-3-8(15-5-7)4-10(9(12)13)1-2-14-6-10/h3,5H,1-2,4,6H2,(H,12,13). The fourth-order valence-electron chi connectivity index (χ4n) is 1.77. The highest BCUT2D eigenvalue weighted by Gasteiger charge is 2.42. The lowest BCUT2D eigenvalue weighted by atomic mass is 9.83. The van der Waals surface area contributed by atoms with Gasteiger partial charge in [0, 0.05) is 27.8 Å². The van der Waals surface area contributed by atoms with Gasteiger partial charge in [-0.05, 0) is 28.4 Å². The number of thiophene rings is 1. The smallest absolute Gasteiger partial charge is 0.312 e. The zero-order valence-corrected chi connectivity index (χ0v) is 10.4. The van der Waals surface area contributed by atoms with Crippen molar-refractivity contribution in [3.63, 3.8) is 0 Å². The summed E-state index contributed by atoms with van der Waals surface area (Å²) >= 11 is 4.95. The molecular formula is C10H11BrO3S. The van der Waals surface area contributed by atoms with E-state index in [1.54, 1.807) is 11.3 Å². The summed E-state index contributed by atoms with van der Waals surface area (Å²) in [6.07, 6.45) is 1.18. The molecule has 1 atom stereocenters. The largest absolute Gasteiger partial charge is 0.481 e. The van der Waals surface area contributed by atoms with Crippen molar-refractivity contribution in [1.82, 2.24) is 0 Å². The maximum atomic E-state index is 11.2. The molecule has 15 heavy (non-hydrogen) atoms. The van der Waals surface area contributed by atoms with E-state index in [-0.39, 0.29) is 0 Å². The van der Waals surface area contributed by atoms with Crippen LogP contribution in [0.2, 0.25) is 0 Å². The Bertz CT molecular complexity index is 368. The van der Waals surface area contributed by atoms with Crippen molar-refractivity contribution in [3.05, 3.63) is 20.8 Å². The number of hydrogen-bond acceptors (Lipinski definition) is 3. The van der Waals surface area contributed by atoms with E-state index in [2.05, 4.69) is 15.9 Å². The highest BCUT2D eigenvalue weighted by atomic mass is 79.9. The summed E-state index contributed by atoms with van der Waals surface area (Å²) in [6.45, 7) is 0.886. The van der Waals surface area contributed by atoms with Crippen LogP contribution in [-0.4, -0.2) is 24.3 Å². The van der Waals surface area contributed by atoms with E-state index < -0.39 is 11.4 Å². The molecule has 82 valence electrons. The molecule has 1 aromatic rings. The highest BCUT2D eigenvalue weighted by Crippen LogP contribution is 2.35. The first-order valence-corrected chi connectivity index (χ1v) is 6.34. The van der Waals surface area contributed by atoms with Gasteiger partial charge in [0.15, 0.2) is 0 Å². The predicted octanol–water partition coefficient (Wildman–Crippen LogP) is 2.54. The zero-order valence-electron chi connectivity index (χ0n) is 8.03. The lowest BCUT2D eigenvalue weighted by Crippen LogP contribution is -2.33. The van der Waals surface area contributed by atoms with E-state index in [1.807, 2.05) is 11.4 Å². The quantitative estimate of drug-likeness (QED) is 0.931. The van der Waals surface area contributed by atoms with Crippen LogP contribution in [0.4, 0.5) is 0 Å². The van der Waals surface area contributed by atoms with Crippen LogP contribution in [0.15, 0.2) is 15.9 Å². The molecule has 1 saturated heterocycles. The molecule has 1 N–H and O–H groups in total. The van der Waals surface area contributed by atoms with Crippen molar-refractivity contribution in [2.75, 3.05) is 13.2 Å². The van der Waals surface area contributed by atoms with E-state index in [0.717, 1.165) is 9.35 Å². The summed E-state index contributed by atoms with van der Waals surface area (Å²) in [4.78, 5) is 12.3. The van der Waals surface area contributed by atoms with E-state index in [1.165, 1.54) is 0 Å². The molecule has 0 amide bonds. The number of carboxylic acids is 1. The number of aliphatic carboxylic acids is 1. The van der Waals surface area contributed by atoms with Crippen molar-refractivity contribution in [2.45, 2.75) is 12.8 Å². The number of ether oxygens (including phenoxy) is 1. The molecule has 3 nitrogen and oxygen atoms in total. The molecule has 0 spiro atoms. The fourth-order valence-corrected chi connectivity index (χ4v) is 3.37. The summed E-state index contributed by atoms with van der Waals surface area (Å²) in [6, 6.07) is 1.98. The minimum atomic E-state index is -0.746. The molecule has 1 unspecified atom stereocenters. The Hall–Kier alpha value is -0.390. The lowest BCUT2D eigenvalue weighted by Gasteiger charge is -2.20. The van der Waals surface area contributed by atoms with Crippen molar-refractivity contribution >= 4 is 33.2 Å². The summed E-state index contributed by atoms with van der Waals surface area (Å²) < 4.78 is 6.23. The normalized spacial score (nSPS) is 25.7. The van der Waals surface area contributed by atoms with Gasteiger partial charge >= 0.3 is 5.97 Å². The van der Waals surface area contributed by atoms with Crippen LogP contribution in [0.25, 0.3) is 0 Å². The van der Waals surface area contributed by atoms with Gasteiger partial charge in [-0.1, -0.05) is 0 Å². The third-order valence-corrected chi connectivity index (χ3v) is 4.39. The first kappa shape index (κ1) is 11.1. The van der Waals surface area contributed by atoms with Crippen LogP contribution in [0.3, 0.4) is 0 Å². The molecule has 1 aliphatic heterocycles. The van der Waals surface area contributed by atoms with Crippen molar-refractivity contribution in [3.8, 4) is 0 Å². The first-order chi connectivity index (χ1) is 7.12. The van der Waals surface area contributed by atoms with Gasteiger partial charge in [0.05, 0.1) is 12.0 Å². The first-order valence-electron chi connectivity index (χ1n) is 4.66. The molecule has 2 rings (SSSR count). The second-order valence-corrected chi connectivity index (χ2v) is 5.71. The molecule has 0 bridgehead atoms. The van der Waals surface area contributed by atoms with E-state index in [0.29, 0.717) is 26.1 Å². The Morgan fingerprint density at radius 1 is 1.73 bits per heavy atom. The average molecular weight is 291 g/mol. The molecule has 0 radical (unpaired) electrons. The number of carbonyl (C=O) groups is 1. The van der Waals surface area contributed by atoms with Gasteiger partial charge in [-0.15, -0.1) is 11.3 Å². The van der Waals surface area contributed by atoms with Crippen LogP contribution >= 0.6 is 27.3 Å². The Morgan fingerprint density at radius 2 is 2.53 bits per heavy atom. The Balaban J connectivity index is 2.17. The zero-order chi connectivity index (χ0) is 10.9. The minimum Gasteiger partial charge on any atom is -0.481 e. The van der Waals surface area contributed by atoms with E-state index >= 15 is 0 Å². The number of rotatable bonds is 3. The molecule has 1 aliphatic rings. The minimum absolute atomic E-state index is 0.331. The van der Waals surface area contributed by atoms with Crippen LogP contribution in [0.1, 0.15) is 11.3 Å². The molecule has 2 heterocycles. The molecule has 1 aromatic heterocycles.